The molecule has 1 heterocycles. The summed E-state index contributed by atoms with van der Waals surface area (Å²) in [7, 11) is 0. The highest BCUT2D eigenvalue weighted by Crippen LogP contribution is 2.31. The van der Waals surface area contributed by atoms with Gasteiger partial charge in [0.2, 0.25) is 0 Å². The van der Waals surface area contributed by atoms with Gasteiger partial charge in [0, 0.05) is 24.2 Å². The highest BCUT2D eigenvalue weighted by Gasteiger charge is 2.20. The molecule has 5 heteroatoms. The largest absolute Gasteiger partial charge is 0.508 e. The Labute approximate surface area is 92.0 Å². The van der Waals surface area contributed by atoms with Gasteiger partial charge in [-0.1, -0.05) is 12.1 Å². The van der Waals surface area contributed by atoms with E-state index in [1.807, 2.05) is 0 Å². The van der Waals surface area contributed by atoms with Crippen LogP contribution in [0.25, 0.3) is 0 Å². The van der Waals surface area contributed by atoms with Crippen molar-refractivity contribution < 1.29 is 18.6 Å². The lowest BCUT2D eigenvalue weighted by molar-refractivity contribution is 0.0262. The molecule has 0 radical (unpaired) electrons. The smallest absolute Gasteiger partial charge is 0.263 e. The van der Waals surface area contributed by atoms with E-state index in [1.165, 1.54) is 12.1 Å². The van der Waals surface area contributed by atoms with E-state index in [9.17, 15) is 13.9 Å². The first-order valence-corrected chi connectivity index (χ1v) is 5.12. The fourth-order valence-electron chi connectivity index (χ4n) is 1.73. The standard InChI is InChI=1S/C11H13F2NO2/c12-11(13)7-1-2-8(9(15)5-7)10-6-14-3-4-16-10/h1-2,5,10-11,14-15H,3-4,6H2. The topological polar surface area (TPSA) is 41.5 Å². The van der Waals surface area contributed by atoms with Crippen LogP contribution >= 0.6 is 0 Å². The molecule has 2 rings (SSSR count). The number of nitrogens with one attached hydrogen (secondary N) is 1. The van der Waals surface area contributed by atoms with Crippen molar-refractivity contribution >= 4 is 0 Å². The Morgan fingerprint density at radius 2 is 2.25 bits per heavy atom. The first-order chi connectivity index (χ1) is 7.68. The van der Waals surface area contributed by atoms with Gasteiger partial charge >= 0.3 is 0 Å². The van der Waals surface area contributed by atoms with Gasteiger partial charge in [0.25, 0.3) is 6.43 Å². The maximum absolute atomic E-state index is 12.4. The van der Waals surface area contributed by atoms with Gasteiger partial charge in [-0.25, -0.2) is 8.78 Å². The number of morpholine rings is 1. The van der Waals surface area contributed by atoms with Crippen LogP contribution in [0.3, 0.4) is 0 Å². The predicted molar refractivity (Wildman–Crippen MR) is 54.6 cm³/mol. The van der Waals surface area contributed by atoms with Crippen LogP contribution in [0.15, 0.2) is 18.2 Å². The number of phenols is 1. The molecule has 1 aromatic carbocycles. The number of aromatic hydroxyl groups is 1. The quantitative estimate of drug-likeness (QED) is 0.814. The Kier molecular flexibility index (Phi) is 3.36. The number of benzene rings is 1. The third kappa shape index (κ3) is 2.31. The van der Waals surface area contributed by atoms with Crippen LogP contribution < -0.4 is 5.32 Å². The van der Waals surface area contributed by atoms with Crippen molar-refractivity contribution in [1.82, 2.24) is 5.32 Å². The van der Waals surface area contributed by atoms with Crippen molar-refractivity contribution in [2.75, 3.05) is 19.7 Å². The summed E-state index contributed by atoms with van der Waals surface area (Å²) in [6.07, 6.45) is -2.83. The Bertz CT molecular complexity index is 365. The second-order valence-electron chi connectivity index (χ2n) is 3.68. The van der Waals surface area contributed by atoms with E-state index < -0.39 is 6.43 Å². The third-order valence-electron chi connectivity index (χ3n) is 2.58. The van der Waals surface area contributed by atoms with Crippen molar-refractivity contribution in [3.05, 3.63) is 29.3 Å². The Hall–Kier alpha value is -1.20. The molecule has 1 saturated heterocycles. The average molecular weight is 229 g/mol. The molecule has 1 fully saturated rings. The Morgan fingerprint density at radius 3 is 2.81 bits per heavy atom. The van der Waals surface area contributed by atoms with Gasteiger partial charge in [0.05, 0.1) is 12.7 Å². The van der Waals surface area contributed by atoms with Gasteiger partial charge in [-0.2, -0.15) is 0 Å². The minimum Gasteiger partial charge on any atom is -0.508 e. The number of halogens is 2. The molecule has 0 spiro atoms. The highest BCUT2D eigenvalue weighted by molar-refractivity contribution is 5.38. The van der Waals surface area contributed by atoms with E-state index in [0.717, 1.165) is 12.6 Å². The molecule has 1 aliphatic heterocycles. The maximum Gasteiger partial charge on any atom is 0.263 e. The average Bonchev–Trinajstić information content (AvgIpc) is 2.30. The van der Waals surface area contributed by atoms with Crippen LogP contribution in [0.4, 0.5) is 8.78 Å². The number of phenolic OH excluding ortho intramolecular Hbond substituents is 1. The molecular weight excluding hydrogens is 216 g/mol. The minimum atomic E-state index is -2.56. The molecule has 0 aliphatic carbocycles. The summed E-state index contributed by atoms with van der Waals surface area (Å²) in [5.41, 5.74) is 0.376. The molecule has 0 saturated carbocycles. The van der Waals surface area contributed by atoms with E-state index in [2.05, 4.69) is 5.32 Å². The Balaban J connectivity index is 2.21. The molecule has 16 heavy (non-hydrogen) atoms. The molecular formula is C11H13F2NO2. The lowest BCUT2D eigenvalue weighted by atomic mass is 10.0. The molecule has 0 amide bonds. The monoisotopic (exact) mass is 229 g/mol. The van der Waals surface area contributed by atoms with Crippen LogP contribution in [-0.2, 0) is 4.74 Å². The molecule has 1 atom stereocenters. The zero-order valence-electron chi connectivity index (χ0n) is 8.62. The molecule has 0 bridgehead atoms. The zero-order valence-corrected chi connectivity index (χ0v) is 8.62. The molecule has 1 unspecified atom stereocenters. The van der Waals surface area contributed by atoms with Crippen molar-refractivity contribution in [3.8, 4) is 5.75 Å². The van der Waals surface area contributed by atoms with Gasteiger partial charge in [0.1, 0.15) is 5.75 Å². The predicted octanol–water partition coefficient (Wildman–Crippen LogP) is 1.99. The summed E-state index contributed by atoms with van der Waals surface area (Å²) in [5.74, 6) is -0.133. The van der Waals surface area contributed by atoms with Crippen molar-refractivity contribution in [2.24, 2.45) is 0 Å². The van der Waals surface area contributed by atoms with Gasteiger partial charge < -0.3 is 15.2 Å². The van der Waals surface area contributed by atoms with Crippen LogP contribution in [-0.4, -0.2) is 24.8 Å². The lowest BCUT2D eigenvalue weighted by Gasteiger charge is -2.24. The summed E-state index contributed by atoms with van der Waals surface area (Å²) in [5, 5.41) is 12.8. The van der Waals surface area contributed by atoms with E-state index in [4.69, 9.17) is 4.74 Å². The van der Waals surface area contributed by atoms with E-state index >= 15 is 0 Å². The molecule has 3 nitrogen and oxygen atoms in total. The fourth-order valence-corrected chi connectivity index (χ4v) is 1.73. The molecule has 2 N–H and O–H groups in total. The van der Waals surface area contributed by atoms with Crippen LogP contribution in [0, 0.1) is 0 Å². The molecule has 1 aliphatic rings. The number of ether oxygens (including phenoxy) is 1. The summed E-state index contributed by atoms with van der Waals surface area (Å²) in [6.45, 7) is 1.91. The van der Waals surface area contributed by atoms with Gasteiger partial charge in [0.15, 0.2) is 0 Å². The van der Waals surface area contributed by atoms with E-state index in [1.54, 1.807) is 0 Å². The van der Waals surface area contributed by atoms with E-state index in [-0.39, 0.29) is 17.4 Å². The summed E-state index contributed by atoms with van der Waals surface area (Å²) >= 11 is 0. The highest BCUT2D eigenvalue weighted by atomic mass is 19.3. The SMILES string of the molecule is Oc1cc(C(F)F)ccc1C1CNCCO1. The first-order valence-electron chi connectivity index (χ1n) is 5.12. The summed E-state index contributed by atoms with van der Waals surface area (Å²) < 4.78 is 30.2. The fraction of sp³-hybridized carbons (Fsp3) is 0.455. The first kappa shape index (κ1) is 11.3. The number of alkyl halides is 2. The van der Waals surface area contributed by atoms with E-state index in [0.29, 0.717) is 18.7 Å². The summed E-state index contributed by atoms with van der Waals surface area (Å²) in [6, 6.07) is 3.91. The number of rotatable bonds is 2. The van der Waals surface area contributed by atoms with Crippen molar-refractivity contribution in [3.63, 3.8) is 0 Å². The van der Waals surface area contributed by atoms with Gasteiger partial charge in [-0.05, 0) is 6.07 Å². The number of hydrogen-bond donors (Lipinski definition) is 2. The van der Waals surface area contributed by atoms with Gasteiger partial charge in [-0.15, -0.1) is 0 Å². The summed E-state index contributed by atoms with van der Waals surface area (Å²) in [4.78, 5) is 0. The second-order valence-corrected chi connectivity index (χ2v) is 3.68. The normalized spacial score (nSPS) is 21.3. The molecule has 88 valence electrons. The Morgan fingerprint density at radius 1 is 1.44 bits per heavy atom. The van der Waals surface area contributed by atoms with Crippen molar-refractivity contribution in [1.29, 1.82) is 0 Å². The van der Waals surface area contributed by atoms with Crippen molar-refractivity contribution in [2.45, 2.75) is 12.5 Å². The number of hydrogen-bond acceptors (Lipinski definition) is 3. The third-order valence-corrected chi connectivity index (χ3v) is 2.58. The lowest BCUT2D eigenvalue weighted by Crippen LogP contribution is -2.33. The molecule has 0 aromatic heterocycles. The maximum atomic E-state index is 12.4. The van der Waals surface area contributed by atoms with Crippen LogP contribution in [0.5, 0.6) is 5.75 Å². The van der Waals surface area contributed by atoms with Crippen LogP contribution in [0.1, 0.15) is 23.7 Å². The zero-order chi connectivity index (χ0) is 11.5. The van der Waals surface area contributed by atoms with Crippen LogP contribution in [0.2, 0.25) is 0 Å². The molecule has 1 aromatic rings. The van der Waals surface area contributed by atoms with Gasteiger partial charge in [-0.3, -0.25) is 0 Å². The minimum absolute atomic E-state index is 0.133. The second kappa shape index (κ2) is 4.76.